The fourth-order valence-corrected chi connectivity index (χ4v) is 6.85. The average Bonchev–Trinajstić information content (AvgIpc) is 3.09. The van der Waals surface area contributed by atoms with E-state index < -0.39 is 65.4 Å². The molecule has 2 aliphatic heterocycles. The van der Waals surface area contributed by atoms with Gasteiger partial charge in [-0.3, -0.25) is 19.2 Å². The largest absolute Gasteiger partial charge is 0.462 e. The molecule has 3 rings (SSSR count). The molecule has 2 heterocycles. The predicted molar refractivity (Wildman–Crippen MR) is 133 cm³/mol. The molecule has 3 fully saturated rings. The molecule has 0 aromatic carbocycles. The van der Waals surface area contributed by atoms with Gasteiger partial charge < -0.3 is 23.7 Å². The molecule has 8 unspecified atom stereocenters. The van der Waals surface area contributed by atoms with Crippen molar-refractivity contribution in [3.63, 3.8) is 0 Å². The van der Waals surface area contributed by atoms with E-state index in [1.54, 1.807) is 13.8 Å². The Labute approximate surface area is 218 Å². The first-order valence-corrected chi connectivity index (χ1v) is 12.8. The fourth-order valence-electron chi connectivity index (χ4n) is 6.85. The standard InChI is InChI=1S/C28H40O9/c1-14-12-21-23-15(2)13-22(34-17(4)30)25(27(7,8)36-18(5)31)24(23)26(35-21)28(9,37-19(6)32)11-10-20(14)33-16(3)29/h20-26H,1-2,10-13H2,3-9H3. The van der Waals surface area contributed by atoms with E-state index in [1.807, 2.05) is 6.92 Å². The van der Waals surface area contributed by atoms with E-state index in [-0.39, 0.29) is 11.8 Å². The summed E-state index contributed by atoms with van der Waals surface area (Å²) in [6, 6.07) is 0. The van der Waals surface area contributed by atoms with Gasteiger partial charge in [0.1, 0.15) is 29.5 Å². The first-order chi connectivity index (χ1) is 17.1. The van der Waals surface area contributed by atoms with Gasteiger partial charge >= 0.3 is 23.9 Å². The summed E-state index contributed by atoms with van der Waals surface area (Å²) in [4.78, 5) is 48.4. The molecule has 0 amide bonds. The molecule has 1 saturated carbocycles. The highest BCUT2D eigenvalue weighted by molar-refractivity contribution is 5.68. The lowest BCUT2D eigenvalue weighted by molar-refractivity contribution is -0.196. The van der Waals surface area contributed by atoms with Crippen molar-refractivity contribution in [2.75, 3.05) is 0 Å². The summed E-state index contributed by atoms with van der Waals surface area (Å²) >= 11 is 0. The third kappa shape index (κ3) is 6.08. The molecule has 0 aromatic heterocycles. The maximum atomic E-state index is 12.3. The van der Waals surface area contributed by atoms with Crippen LogP contribution in [0.4, 0.5) is 0 Å². The monoisotopic (exact) mass is 520 g/mol. The topological polar surface area (TPSA) is 114 Å². The zero-order chi connectivity index (χ0) is 27.9. The normalized spacial score (nSPS) is 35.8. The minimum absolute atomic E-state index is 0.223. The molecule has 8 atom stereocenters. The van der Waals surface area contributed by atoms with Crippen LogP contribution in [-0.2, 0) is 42.9 Å². The first kappa shape index (κ1) is 28.9. The Morgan fingerprint density at radius 3 is 2.08 bits per heavy atom. The van der Waals surface area contributed by atoms with Crippen LogP contribution in [0.1, 0.15) is 74.1 Å². The predicted octanol–water partition coefficient (Wildman–Crippen LogP) is 3.83. The molecular weight excluding hydrogens is 480 g/mol. The second-order valence-electron chi connectivity index (χ2n) is 11.3. The van der Waals surface area contributed by atoms with Crippen molar-refractivity contribution in [3.05, 3.63) is 24.3 Å². The third-order valence-corrected chi connectivity index (χ3v) is 7.87. The average molecular weight is 521 g/mol. The maximum absolute atomic E-state index is 12.3. The summed E-state index contributed by atoms with van der Waals surface area (Å²) < 4.78 is 29.8. The van der Waals surface area contributed by atoms with Gasteiger partial charge in [0.05, 0.1) is 6.10 Å². The summed E-state index contributed by atoms with van der Waals surface area (Å²) in [5.41, 5.74) is -0.612. The molecule has 206 valence electrons. The van der Waals surface area contributed by atoms with Crippen LogP contribution >= 0.6 is 0 Å². The smallest absolute Gasteiger partial charge is 0.303 e. The van der Waals surface area contributed by atoms with Crippen LogP contribution < -0.4 is 0 Å². The fraction of sp³-hybridized carbons (Fsp3) is 0.714. The third-order valence-electron chi connectivity index (χ3n) is 7.87. The molecule has 2 saturated heterocycles. The Hall–Kier alpha value is -2.68. The van der Waals surface area contributed by atoms with E-state index in [9.17, 15) is 19.2 Å². The minimum Gasteiger partial charge on any atom is -0.462 e. The van der Waals surface area contributed by atoms with Crippen LogP contribution in [-0.4, -0.2) is 59.5 Å². The molecule has 0 aromatic rings. The first-order valence-electron chi connectivity index (χ1n) is 12.8. The van der Waals surface area contributed by atoms with Gasteiger partial charge in [0.25, 0.3) is 0 Å². The van der Waals surface area contributed by atoms with Crippen molar-refractivity contribution >= 4 is 23.9 Å². The highest BCUT2D eigenvalue weighted by atomic mass is 16.6. The van der Waals surface area contributed by atoms with E-state index in [4.69, 9.17) is 23.7 Å². The van der Waals surface area contributed by atoms with Gasteiger partial charge in [0.2, 0.25) is 0 Å². The second-order valence-corrected chi connectivity index (χ2v) is 11.3. The summed E-state index contributed by atoms with van der Waals surface area (Å²) in [6.45, 7) is 19.3. The maximum Gasteiger partial charge on any atom is 0.303 e. The lowest BCUT2D eigenvalue weighted by atomic mass is 9.58. The van der Waals surface area contributed by atoms with Crippen molar-refractivity contribution in [1.29, 1.82) is 0 Å². The van der Waals surface area contributed by atoms with Crippen LogP contribution in [0.2, 0.25) is 0 Å². The van der Waals surface area contributed by atoms with Crippen LogP contribution in [0.5, 0.6) is 0 Å². The van der Waals surface area contributed by atoms with E-state index in [0.717, 1.165) is 5.57 Å². The number of esters is 4. The van der Waals surface area contributed by atoms with Gasteiger partial charge in [-0.2, -0.15) is 0 Å². The van der Waals surface area contributed by atoms with Gasteiger partial charge in [0.15, 0.2) is 0 Å². The Morgan fingerprint density at radius 1 is 0.919 bits per heavy atom. The number of carbonyl (C=O) groups is 4. The lowest BCUT2D eigenvalue weighted by Crippen LogP contribution is -2.58. The molecule has 0 N–H and O–H groups in total. The highest BCUT2D eigenvalue weighted by Gasteiger charge is 2.64. The van der Waals surface area contributed by atoms with Crippen LogP contribution in [0.15, 0.2) is 24.3 Å². The molecule has 37 heavy (non-hydrogen) atoms. The number of carbonyl (C=O) groups excluding carboxylic acids is 4. The van der Waals surface area contributed by atoms with E-state index in [2.05, 4.69) is 13.2 Å². The summed E-state index contributed by atoms with van der Waals surface area (Å²) in [6.07, 6.45) is -0.704. The molecule has 2 bridgehead atoms. The van der Waals surface area contributed by atoms with Gasteiger partial charge in [-0.25, -0.2) is 0 Å². The Kier molecular flexibility index (Phi) is 8.27. The van der Waals surface area contributed by atoms with Gasteiger partial charge in [-0.15, -0.1) is 0 Å². The van der Waals surface area contributed by atoms with Gasteiger partial charge in [0, 0.05) is 51.9 Å². The number of hydrogen-bond donors (Lipinski definition) is 0. The number of hydrogen-bond acceptors (Lipinski definition) is 9. The molecule has 1 aliphatic carbocycles. The molecule has 9 heteroatoms. The second kappa shape index (κ2) is 10.6. The number of ether oxygens (including phenoxy) is 5. The molecular formula is C28H40O9. The minimum atomic E-state index is -1.12. The zero-order valence-corrected chi connectivity index (χ0v) is 23.0. The molecule has 0 radical (unpaired) electrons. The molecule has 9 nitrogen and oxygen atoms in total. The van der Waals surface area contributed by atoms with E-state index >= 15 is 0 Å². The van der Waals surface area contributed by atoms with E-state index in [1.165, 1.54) is 27.7 Å². The van der Waals surface area contributed by atoms with Crippen LogP contribution in [0.25, 0.3) is 0 Å². The number of fused-ring (bicyclic) bond motifs is 5. The Bertz CT molecular complexity index is 982. The van der Waals surface area contributed by atoms with Crippen molar-refractivity contribution in [1.82, 2.24) is 0 Å². The van der Waals surface area contributed by atoms with E-state index in [0.29, 0.717) is 31.3 Å². The lowest BCUT2D eigenvalue weighted by Gasteiger charge is -2.50. The Morgan fingerprint density at radius 2 is 1.54 bits per heavy atom. The zero-order valence-electron chi connectivity index (χ0n) is 23.0. The van der Waals surface area contributed by atoms with Crippen LogP contribution in [0.3, 0.4) is 0 Å². The summed E-state index contributed by atoms with van der Waals surface area (Å²) in [5.74, 6) is -2.85. The number of rotatable bonds is 5. The van der Waals surface area contributed by atoms with Crippen molar-refractivity contribution < 1.29 is 42.9 Å². The molecule has 0 spiro atoms. The van der Waals surface area contributed by atoms with Crippen molar-refractivity contribution in [3.8, 4) is 0 Å². The van der Waals surface area contributed by atoms with Crippen molar-refractivity contribution in [2.24, 2.45) is 17.8 Å². The quantitative estimate of drug-likeness (QED) is 0.303. The Balaban J connectivity index is 2.17. The summed E-state index contributed by atoms with van der Waals surface area (Å²) in [7, 11) is 0. The van der Waals surface area contributed by atoms with Crippen molar-refractivity contribution in [2.45, 2.75) is 110 Å². The molecule has 3 aliphatic rings. The highest BCUT2D eigenvalue weighted by Crippen LogP contribution is 2.57. The van der Waals surface area contributed by atoms with Crippen LogP contribution in [0, 0.1) is 17.8 Å². The van der Waals surface area contributed by atoms with Gasteiger partial charge in [-0.05, 0) is 45.6 Å². The SMILES string of the molecule is C=C1CC2OC(C3C2C(=C)CC(OC(C)=O)C3C(C)(C)OC(C)=O)C(C)(OC(C)=O)CCC1OC(C)=O. The summed E-state index contributed by atoms with van der Waals surface area (Å²) in [5, 5.41) is 0. The van der Waals surface area contributed by atoms with Gasteiger partial charge in [-0.1, -0.05) is 18.7 Å².